The number of halogens is 6. The smallest absolute Gasteiger partial charge is 0.200 e. The second-order valence-corrected chi connectivity index (χ2v) is 9.32. The second-order valence-electron chi connectivity index (χ2n) is 9.32. The molecule has 9 heteroatoms. The second kappa shape index (κ2) is 10.4. The fourth-order valence-corrected chi connectivity index (χ4v) is 4.93. The van der Waals surface area contributed by atoms with Crippen molar-refractivity contribution in [2.45, 2.75) is 50.4 Å². The molecule has 3 nitrogen and oxygen atoms in total. The highest BCUT2D eigenvalue weighted by Crippen LogP contribution is 2.40. The summed E-state index contributed by atoms with van der Waals surface area (Å²) >= 11 is 0. The molecule has 1 aliphatic carbocycles. The van der Waals surface area contributed by atoms with Crippen LogP contribution in [0.2, 0.25) is 0 Å². The molecule has 0 radical (unpaired) electrons. The first-order valence-corrected chi connectivity index (χ1v) is 12.0. The molecule has 1 saturated carbocycles. The Bertz CT molecular complexity index is 1320. The molecule has 0 amide bonds. The van der Waals surface area contributed by atoms with E-state index in [0.717, 1.165) is 0 Å². The number of benzene rings is 3. The van der Waals surface area contributed by atoms with E-state index in [1.54, 1.807) is 0 Å². The minimum Gasteiger partial charge on any atom is -0.494 e. The molecule has 2 aliphatic rings. The Morgan fingerprint density at radius 1 is 0.703 bits per heavy atom. The molecule has 1 heterocycles. The zero-order chi connectivity index (χ0) is 26.3. The van der Waals surface area contributed by atoms with Gasteiger partial charge in [0.25, 0.3) is 0 Å². The molecule has 3 aromatic carbocycles. The fourth-order valence-electron chi connectivity index (χ4n) is 4.93. The monoisotopic (exact) mass is 522 g/mol. The third kappa shape index (κ3) is 4.94. The molecule has 1 unspecified atom stereocenters. The van der Waals surface area contributed by atoms with E-state index >= 15 is 8.78 Å². The predicted octanol–water partition coefficient (Wildman–Crippen LogP) is 7.51. The van der Waals surface area contributed by atoms with Crippen molar-refractivity contribution >= 4 is 0 Å². The SMILES string of the molecule is COc1ccc(COC2CCC(c3ccc(-c4ccc(C5CO5)c(F)c4F)c(F)c3F)CC2)c(F)c1F. The van der Waals surface area contributed by atoms with Crippen LogP contribution in [0.5, 0.6) is 5.75 Å². The summed E-state index contributed by atoms with van der Waals surface area (Å²) in [6, 6.07) is 7.94. The van der Waals surface area contributed by atoms with Crippen LogP contribution in [0.3, 0.4) is 0 Å². The highest BCUT2D eigenvalue weighted by atomic mass is 19.2. The maximum absolute atomic E-state index is 15.1. The first-order valence-electron chi connectivity index (χ1n) is 12.0. The van der Waals surface area contributed by atoms with Crippen molar-refractivity contribution in [2.24, 2.45) is 0 Å². The van der Waals surface area contributed by atoms with Gasteiger partial charge in [-0.25, -0.2) is 22.0 Å². The zero-order valence-corrected chi connectivity index (χ0v) is 19.9. The molecule has 1 saturated heterocycles. The van der Waals surface area contributed by atoms with E-state index < -0.39 is 41.0 Å². The van der Waals surface area contributed by atoms with Gasteiger partial charge in [0.2, 0.25) is 5.82 Å². The standard InChI is InChI=1S/C28H24F6O3/c1-35-21-11-4-15(23(29)28(21)34)12-36-16-5-2-14(3-6-16)17-7-8-18(25(31)24(17)30)19-9-10-20(22-13-37-22)27(33)26(19)32/h4,7-11,14,16,22H,2-3,5-6,12-13H2,1H3. The number of ether oxygens (including phenoxy) is 3. The van der Waals surface area contributed by atoms with Crippen LogP contribution in [0.15, 0.2) is 36.4 Å². The lowest BCUT2D eigenvalue weighted by molar-refractivity contribution is 0.0116. The molecule has 3 aromatic rings. The van der Waals surface area contributed by atoms with Gasteiger partial charge in [-0.3, -0.25) is 0 Å². The summed E-state index contributed by atoms with van der Waals surface area (Å²) in [5, 5.41) is 0. The van der Waals surface area contributed by atoms with Crippen LogP contribution in [0, 0.1) is 34.9 Å². The highest BCUT2D eigenvalue weighted by molar-refractivity contribution is 5.66. The van der Waals surface area contributed by atoms with E-state index in [2.05, 4.69) is 0 Å². The lowest BCUT2D eigenvalue weighted by Crippen LogP contribution is -2.21. The lowest BCUT2D eigenvalue weighted by atomic mass is 9.82. The first-order chi connectivity index (χ1) is 17.8. The molecule has 196 valence electrons. The van der Waals surface area contributed by atoms with Gasteiger partial charge in [-0.05, 0) is 49.3 Å². The van der Waals surface area contributed by atoms with E-state index in [1.807, 2.05) is 0 Å². The number of hydrogen-bond acceptors (Lipinski definition) is 3. The number of epoxide rings is 1. The lowest BCUT2D eigenvalue weighted by Gasteiger charge is -2.29. The van der Waals surface area contributed by atoms with Crippen LogP contribution < -0.4 is 4.74 Å². The molecule has 0 spiro atoms. The van der Waals surface area contributed by atoms with Crippen LogP contribution in [-0.2, 0) is 16.1 Å². The van der Waals surface area contributed by atoms with Crippen molar-refractivity contribution in [1.29, 1.82) is 0 Å². The van der Waals surface area contributed by atoms with Crippen LogP contribution in [0.4, 0.5) is 26.3 Å². The average Bonchev–Trinajstić information content (AvgIpc) is 3.74. The minimum absolute atomic E-state index is 0.0533. The van der Waals surface area contributed by atoms with Crippen molar-refractivity contribution in [3.8, 4) is 16.9 Å². The fraction of sp³-hybridized carbons (Fsp3) is 0.357. The van der Waals surface area contributed by atoms with Crippen molar-refractivity contribution in [3.63, 3.8) is 0 Å². The van der Waals surface area contributed by atoms with Crippen LogP contribution in [0.25, 0.3) is 11.1 Å². The van der Waals surface area contributed by atoms with Crippen molar-refractivity contribution < 1.29 is 40.6 Å². The first kappa shape index (κ1) is 25.6. The van der Waals surface area contributed by atoms with Crippen molar-refractivity contribution in [2.75, 3.05) is 13.7 Å². The van der Waals surface area contributed by atoms with Gasteiger partial charge in [-0.15, -0.1) is 0 Å². The Labute approximate surface area is 210 Å². The summed E-state index contributed by atoms with van der Waals surface area (Å²) < 4.78 is 103. The Balaban J connectivity index is 1.25. The Kier molecular flexibility index (Phi) is 7.18. The van der Waals surface area contributed by atoms with E-state index in [4.69, 9.17) is 14.2 Å². The highest BCUT2D eigenvalue weighted by Gasteiger charge is 2.32. The van der Waals surface area contributed by atoms with Crippen LogP contribution >= 0.6 is 0 Å². The maximum atomic E-state index is 15.1. The maximum Gasteiger partial charge on any atom is 0.200 e. The quantitative estimate of drug-likeness (QED) is 0.238. The normalized spacial score (nSPS) is 21.2. The molecule has 5 rings (SSSR count). The number of hydrogen-bond donors (Lipinski definition) is 0. The van der Waals surface area contributed by atoms with E-state index in [1.165, 1.54) is 43.5 Å². The summed E-state index contributed by atoms with van der Waals surface area (Å²) in [6.45, 7) is 0.158. The summed E-state index contributed by atoms with van der Waals surface area (Å²) in [7, 11) is 1.24. The van der Waals surface area contributed by atoms with Gasteiger partial charge < -0.3 is 14.2 Å². The molecule has 37 heavy (non-hydrogen) atoms. The Morgan fingerprint density at radius 2 is 1.30 bits per heavy atom. The van der Waals surface area contributed by atoms with Gasteiger partial charge >= 0.3 is 0 Å². The molecule has 0 aromatic heterocycles. The molecular formula is C28H24F6O3. The van der Waals surface area contributed by atoms with Gasteiger partial charge in [-0.1, -0.05) is 24.3 Å². The topological polar surface area (TPSA) is 31.0 Å². The minimum atomic E-state index is -1.25. The zero-order valence-electron chi connectivity index (χ0n) is 19.9. The van der Waals surface area contributed by atoms with Gasteiger partial charge in [0, 0.05) is 22.3 Å². The van der Waals surface area contributed by atoms with Crippen LogP contribution in [-0.4, -0.2) is 19.8 Å². The molecular weight excluding hydrogens is 498 g/mol. The largest absolute Gasteiger partial charge is 0.494 e. The van der Waals surface area contributed by atoms with Crippen LogP contribution in [0.1, 0.15) is 54.4 Å². The summed E-state index contributed by atoms with van der Waals surface area (Å²) in [5.74, 6) is -7.30. The number of methoxy groups -OCH3 is 1. The molecule has 1 atom stereocenters. The number of rotatable bonds is 7. The molecule has 0 N–H and O–H groups in total. The van der Waals surface area contributed by atoms with Gasteiger partial charge in [-0.2, -0.15) is 4.39 Å². The van der Waals surface area contributed by atoms with Crippen molar-refractivity contribution in [1.82, 2.24) is 0 Å². The van der Waals surface area contributed by atoms with E-state index in [9.17, 15) is 17.6 Å². The van der Waals surface area contributed by atoms with E-state index in [-0.39, 0.29) is 58.8 Å². The molecule has 2 fully saturated rings. The summed E-state index contributed by atoms with van der Waals surface area (Å²) in [4.78, 5) is 0. The Hall–Kier alpha value is -3.04. The summed E-state index contributed by atoms with van der Waals surface area (Å²) in [6.07, 6.45) is 1.23. The van der Waals surface area contributed by atoms with Gasteiger partial charge in [0.1, 0.15) is 6.10 Å². The van der Waals surface area contributed by atoms with Gasteiger partial charge in [0.15, 0.2) is 34.8 Å². The average molecular weight is 522 g/mol. The Morgan fingerprint density at radius 3 is 1.89 bits per heavy atom. The molecule has 0 bridgehead atoms. The molecule has 1 aliphatic heterocycles. The van der Waals surface area contributed by atoms with E-state index in [0.29, 0.717) is 25.7 Å². The van der Waals surface area contributed by atoms with Crippen molar-refractivity contribution in [3.05, 3.63) is 88.0 Å². The van der Waals surface area contributed by atoms with Gasteiger partial charge in [0.05, 0.1) is 26.4 Å². The predicted molar refractivity (Wildman–Crippen MR) is 123 cm³/mol. The third-order valence-electron chi connectivity index (χ3n) is 7.13. The third-order valence-corrected chi connectivity index (χ3v) is 7.13. The summed E-state index contributed by atoms with van der Waals surface area (Å²) in [5.41, 5.74) is -0.439.